The van der Waals surface area contributed by atoms with E-state index < -0.39 is 17.2 Å². The first-order chi connectivity index (χ1) is 14.3. The maximum absolute atomic E-state index is 13.1. The molecule has 3 aromatic rings. The van der Waals surface area contributed by atoms with Crippen LogP contribution in [-0.2, 0) is 6.54 Å². The summed E-state index contributed by atoms with van der Waals surface area (Å²) in [6.07, 6.45) is 0.692. The van der Waals surface area contributed by atoms with Crippen LogP contribution < -0.4 is 16.6 Å². The van der Waals surface area contributed by atoms with Crippen molar-refractivity contribution in [3.63, 3.8) is 0 Å². The number of benzene rings is 2. The van der Waals surface area contributed by atoms with Gasteiger partial charge in [-0.3, -0.25) is 14.2 Å². The number of aromatic nitrogens is 3. The van der Waals surface area contributed by atoms with Gasteiger partial charge in [-0.2, -0.15) is 9.78 Å². The van der Waals surface area contributed by atoms with Gasteiger partial charge in [-0.25, -0.2) is 4.79 Å². The maximum Gasteiger partial charge on any atom is 0.352 e. The molecule has 1 heterocycles. The number of amides is 1. The first kappa shape index (κ1) is 21.5. The number of nitrogens with zero attached hydrogens (tertiary/aromatic N) is 3. The fourth-order valence-corrected chi connectivity index (χ4v) is 3.14. The fourth-order valence-electron chi connectivity index (χ4n) is 2.96. The molecule has 0 aliphatic carbocycles. The van der Waals surface area contributed by atoms with Crippen LogP contribution in [0.5, 0.6) is 0 Å². The predicted octanol–water partition coefficient (Wildman–Crippen LogP) is 2.93. The second-order valence-corrected chi connectivity index (χ2v) is 7.62. The van der Waals surface area contributed by atoms with Gasteiger partial charge in [0.25, 0.3) is 11.5 Å². The van der Waals surface area contributed by atoms with Gasteiger partial charge < -0.3 is 5.32 Å². The van der Waals surface area contributed by atoms with E-state index in [2.05, 4.69) is 10.4 Å². The molecule has 0 bridgehead atoms. The van der Waals surface area contributed by atoms with Gasteiger partial charge in [0.05, 0.1) is 12.2 Å². The van der Waals surface area contributed by atoms with Crippen LogP contribution in [-0.4, -0.2) is 26.3 Å². The maximum atomic E-state index is 13.1. The Hall–Kier alpha value is -3.19. The molecule has 156 valence electrons. The van der Waals surface area contributed by atoms with Gasteiger partial charge in [-0.05, 0) is 44.0 Å². The third-order valence-corrected chi connectivity index (χ3v) is 4.98. The highest BCUT2D eigenvalue weighted by atomic mass is 35.5. The minimum absolute atomic E-state index is 0.0199. The molecule has 0 aliphatic heterocycles. The quantitative estimate of drug-likeness (QED) is 0.656. The number of hydrogen-bond donors (Lipinski definition) is 1. The van der Waals surface area contributed by atoms with Crippen molar-refractivity contribution in [2.75, 3.05) is 0 Å². The average molecular weight is 427 g/mol. The van der Waals surface area contributed by atoms with Gasteiger partial charge in [0.15, 0.2) is 0 Å². The minimum Gasteiger partial charge on any atom is -0.348 e. The van der Waals surface area contributed by atoms with Gasteiger partial charge in [0.2, 0.25) is 5.69 Å². The van der Waals surface area contributed by atoms with Crippen molar-refractivity contribution < 1.29 is 4.79 Å². The lowest BCUT2D eigenvalue weighted by molar-refractivity contribution is 0.0929. The number of aryl methyl sites for hydroxylation is 1. The van der Waals surface area contributed by atoms with E-state index in [1.54, 1.807) is 24.3 Å². The van der Waals surface area contributed by atoms with Crippen molar-refractivity contribution in [3.8, 4) is 5.69 Å². The van der Waals surface area contributed by atoms with Crippen molar-refractivity contribution in [1.29, 1.82) is 0 Å². The molecule has 2 aromatic carbocycles. The Morgan fingerprint density at radius 3 is 2.57 bits per heavy atom. The largest absolute Gasteiger partial charge is 0.352 e. The van der Waals surface area contributed by atoms with Crippen LogP contribution in [0, 0.1) is 6.92 Å². The van der Waals surface area contributed by atoms with Crippen molar-refractivity contribution in [1.82, 2.24) is 19.7 Å². The van der Waals surface area contributed by atoms with Gasteiger partial charge in [0.1, 0.15) is 0 Å². The zero-order valence-corrected chi connectivity index (χ0v) is 17.8. The molecule has 1 atom stereocenters. The normalized spacial score (nSPS) is 11.9. The summed E-state index contributed by atoms with van der Waals surface area (Å²) in [6, 6.07) is 13.9. The molecule has 0 fully saturated rings. The van der Waals surface area contributed by atoms with E-state index in [0.717, 1.165) is 20.4 Å². The van der Waals surface area contributed by atoms with E-state index >= 15 is 0 Å². The van der Waals surface area contributed by atoms with E-state index in [0.29, 0.717) is 17.1 Å². The Labute approximate surface area is 178 Å². The van der Waals surface area contributed by atoms with Crippen LogP contribution in [0.2, 0.25) is 5.02 Å². The van der Waals surface area contributed by atoms with Crippen molar-refractivity contribution in [2.45, 2.75) is 39.8 Å². The summed E-state index contributed by atoms with van der Waals surface area (Å²) in [7, 11) is 0. The van der Waals surface area contributed by atoms with Crippen LogP contribution in [0.4, 0.5) is 0 Å². The summed E-state index contributed by atoms with van der Waals surface area (Å²) in [5.41, 5.74) is 0.404. The second-order valence-electron chi connectivity index (χ2n) is 7.19. The number of carbonyl (C=O) groups is 1. The molecule has 7 nitrogen and oxygen atoms in total. The molecule has 8 heteroatoms. The topological polar surface area (TPSA) is 86.0 Å². The lowest BCUT2D eigenvalue weighted by Gasteiger charge is -2.14. The van der Waals surface area contributed by atoms with Crippen molar-refractivity contribution >= 4 is 17.5 Å². The van der Waals surface area contributed by atoms with Crippen molar-refractivity contribution in [3.05, 3.63) is 91.2 Å². The van der Waals surface area contributed by atoms with E-state index in [1.165, 1.54) is 0 Å². The van der Waals surface area contributed by atoms with Gasteiger partial charge in [-0.15, -0.1) is 0 Å². The lowest BCUT2D eigenvalue weighted by atomic mass is 10.1. The Morgan fingerprint density at radius 2 is 1.90 bits per heavy atom. The molecule has 1 amide bonds. The van der Waals surface area contributed by atoms with E-state index in [9.17, 15) is 14.4 Å². The highest BCUT2D eigenvalue weighted by Crippen LogP contribution is 2.12. The Balaban J connectivity index is 2.20. The zero-order valence-electron chi connectivity index (χ0n) is 17.1. The van der Waals surface area contributed by atoms with Crippen LogP contribution >= 0.6 is 11.6 Å². The molecular formula is C22H23ClN4O3. The molecular weight excluding hydrogens is 404 g/mol. The summed E-state index contributed by atoms with van der Waals surface area (Å²) >= 11 is 6.06. The SMILES string of the molecule is CCC(C)NC(=O)c1nn(-c2cccc(Cl)c2)c(=O)n(Cc2cccc(C)c2)c1=O. The highest BCUT2D eigenvalue weighted by molar-refractivity contribution is 6.30. The molecule has 3 rings (SSSR count). The third kappa shape index (κ3) is 4.68. The van der Waals surface area contributed by atoms with E-state index in [-0.39, 0.29) is 18.3 Å². The van der Waals surface area contributed by atoms with E-state index in [1.807, 2.05) is 45.0 Å². The first-order valence-corrected chi connectivity index (χ1v) is 10.0. The number of halogens is 1. The smallest absolute Gasteiger partial charge is 0.348 e. The van der Waals surface area contributed by atoms with Crippen LogP contribution in [0.15, 0.2) is 58.1 Å². The molecule has 1 aromatic heterocycles. The summed E-state index contributed by atoms with van der Waals surface area (Å²) in [5, 5.41) is 7.24. The van der Waals surface area contributed by atoms with Gasteiger partial charge in [0, 0.05) is 11.1 Å². The molecule has 0 radical (unpaired) electrons. The zero-order chi connectivity index (χ0) is 21.8. The average Bonchev–Trinajstić information content (AvgIpc) is 2.71. The highest BCUT2D eigenvalue weighted by Gasteiger charge is 2.21. The molecule has 0 spiro atoms. The standard InChI is InChI=1S/C22H23ClN4O3/c1-4-15(3)24-20(28)19-21(29)26(13-16-8-5-7-14(2)11-16)22(30)27(25-19)18-10-6-9-17(23)12-18/h5-12,15H,4,13H2,1-3H3,(H,24,28). The summed E-state index contributed by atoms with van der Waals surface area (Å²) in [5.74, 6) is -0.622. The number of nitrogens with one attached hydrogen (secondary N) is 1. The monoisotopic (exact) mass is 426 g/mol. The molecule has 0 saturated carbocycles. The molecule has 30 heavy (non-hydrogen) atoms. The predicted molar refractivity (Wildman–Crippen MR) is 117 cm³/mol. The first-order valence-electron chi connectivity index (χ1n) is 9.66. The summed E-state index contributed by atoms with van der Waals surface area (Å²) in [4.78, 5) is 38.9. The Bertz CT molecular complexity index is 1200. The van der Waals surface area contributed by atoms with E-state index in [4.69, 9.17) is 11.6 Å². The number of carbonyl (C=O) groups excluding carboxylic acids is 1. The fraction of sp³-hybridized carbons (Fsp3) is 0.273. The van der Waals surface area contributed by atoms with Crippen LogP contribution in [0.1, 0.15) is 41.9 Å². The third-order valence-electron chi connectivity index (χ3n) is 4.74. The van der Waals surface area contributed by atoms with Crippen LogP contribution in [0.25, 0.3) is 5.69 Å². The molecule has 1 unspecified atom stereocenters. The lowest BCUT2D eigenvalue weighted by Crippen LogP contribution is -2.47. The number of hydrogen-bond acceptors (Lipinski definition) is 4. The summed E-state index contributed by atoms with van der Waals surface area (Å²) in [6.45, 7) is 5.69. The summed E-state index contributed by atoms with van der Waals surface area (Å²) < 4.78 is 2.06. The second kappa shape index (κ2) is 9.09. The molecule has 0 aliphatic rings. The van der Waals surface area contributed by atoms with Gasteiger partial charge in [-0.1, -0.05) is 54.4 Å². The Morgan fingerprint density at radius 1 is 1.17 bits per heavy atom. The van der Waals surface area contributed by atoms with Crippen molar-refractivity contribution in [2.24, 2.45) is 0 Å². The molecule has 1 N–H and O–H groups in total. The molecule has 0 saturated heterocycles. The van der Waals surface area contributed by atoms with Crippen LogP contribution in [0.3, 0.4) is 0 Å². The van der Waals surface area contributed by atoms with Gasteiger partial charge >= 0.3 is 5.69 Å². The Kier molecular flexibility index (Phi) is 6.52. The minimum atomic E-state index is -0.736. The number of rotatable bonds is 6.